The van der Waals surface area contributed by atoms with Crippen molar-refractivity contribution in [1.29, 1.82) is 0 Å². The Morgan fingerprint density at radius 3 is 1.75 bits per heavy atom. The van der Waals surface area contributed by atoms with Crippen LogP contribution >= 0.6 is 0 Å². The summed E-state index contributed by atoms with van der Waals surface area (Å²) in [6.07, 6.45) is 0. The Kier molecular flexibility index (Phi) is 5.54. The third kappa shape index (κ3) is 3.66. The van der Waals surface area contributed by atoms with Crippen molar-refractivity contribution in [3.63, 3.8) is 0 Å². The minimum atomic E-state index is -0.462. The highest BCUT2D eigenvalue weighted by Gasteiger charge is 2.51. The monoisotopic (exact) mass is 699 g/mol. The number of hydrogen-bond acceptors (Lipinski definition) is 3. The Bertz CT molecular complexity index is 3390. The number of nitrogens with zero attached hydrogens (tertiary/aromatic N) is 3. The maximum absolute atomic E-state index is 6.61. The van der Waals surface area contributed by atoms with Gasteiger partial charge in [0.25, 0.3) is 0 Å². The number of para-hydroxylation sites is 2. The molecule has 2 aliphatic carbocycles. The maximum atomic E-state index is 6.61. The first-order chi connectivity index (χ1) is 27.3. The Morgan fingerprint density at radius 1 is 0.436 bits per heavy atom. The zero-order valence-corrected chi connectivity index (χ0v) is 29.5. The quantitative estimate of drug-likeness (QED) is 0.180. The molecule has 254 valence electrons. The molecule has 0 amide bonds. The molecule has 55 heavy (non-hydrogen) atoms. The Hall–Kier alpha value is -7.30. The molecule has 3 aromatic heterocycles. The third-order valence-electron chi connectivity index (χ3n) is 12.2. The van der Waals surface area contributed by atoms with Gasteiger partial charge in [0.1, 0.15) is 5.58 Å². The van der Waals surface area contributed by atoms with Gasteiger partial charge in [-0.3, -0.25) is 4.57 Å². The van der Waals surface area contributed by atoms with Gasteiger partial charge in [-0.05, 0) is 85.6 Å². The van der Waals surface area contributed by atoms with Crippen molar-refractivity contribution < 1.29 is 4.42 Å². The van der Waals surface area contributed by atoms with Crippen molar-refractivity contribution in [1.82, 2.24) is 14.5 Å². The SMILES string of the molecule is c1ccc2c(c1)-c1ccccc1C21c2ccccc2-c2ccc(-c3nc(-n4c5ccccc5c5cc6ccccc6cc54)nc4oc5ccccc5c34)cc21. The zero-order chi connectivity index (χ0) is 35.8. The van der Waals surface area contributed by atoms with Crippen LogP contribution in [0.15, 0.2) is 180 Å². The fourth-order valence-electron chi connectivity index (χ4n) is 10.0. The molecule has 0 radical (unpaired) electrons. The normalized spacial score (nSPS) is 13.6. The summed E-state index contributed by atoms with van der Waals surface area (Å²) < 4.78 is 8.82. The summed E-state index contributed by atoms with van der Waals surface area (Å²) in [5.41, 5.74) is 15.2. The van der Waals surface area contributed by atoms with Crippen LogP contribution < -0.4 is 0 Å². The highest BCUT2D eigenvalue weighted by molar-refractivity contribution is 6.14. The predicted octanol–water partition coefficient (Wildman–Crippen LogP) is 12.6. The maximum Gasteiger partial charge on any atom is 0.238 e. The Balaban J connectivity index is 1.14. The van der Waals surface area contributed by atoms with E-state index in [1.807, 2.05) is 12.1 Å². The molecule has 13 rings (SSSR count). The fourth-order valence-corrected chi connectivity index (χ4v) is 10.0. The van der Waals surface area contributed by atoms with Gasteiger partial charge in [-0.25, -0.2) is 4.98 Å². The van der Waals surface area contributed by atoms with E-state index in [0.717, 1.165) is 44.0 Å². The Labute approximate surface area is 315 Å². The van der Waals surface area contributed by atoms with Crippen LogP contribution in [0.4, 0.5) is 0 Å². The molecule has 8 aromatic carbocycles. The minimum Gasteiger partial charge on any atom is -0.437 e. The zero-order valence-electron chi connectivity index (χ0n) is 29.5. The first-order valence-electron chi connectivity index (χ1n) is 18.8. The van der Waals surface area contributed by atoms with Gasteiger partial charge in [0.05, 0.1) is 27.5 Å². The molecule has 0 bridgehead atoms. The van der Waals surface area contributed by atoms with E-state index >= 15 is 0 Å². The Morgan fingerprint density at radius 2 is 1.02 bits per heavy atom. The van der Waals surface area contributed by atoms with Gasteiger partial charge < -0.3 is 4.42 Å². The van der Waals surface area contributed by atoms with Crippen LogP contribution in [0.3, 0.4) is 0 Å². The van der Waals surface area contributed by atoms with Crippen LogP contribution in [-0.2, 0) is 5.41 Å². The molecule has 4 heteroatoms. The van der Waals surface area contributed by atoms with Crippen LogP contribution in [0.25, 0.3) is 94.1 Å². The van der Waals surface area contributed by atoms with Crippen LogP contribution in [0.5, 0.6) is 0 Å². The van der Waals surface area contributed by atoms with Crippen LogP contribution in [0.2, 0.25) is 0 Å². The number of fused-ring (bicyclic) bond motifs is 17. The topological polar surface area (TPSA) is 43.9 Å². The van der Waals surface area contributed by atoms with E-state index < -0.39 is 5.41 Å². The molecule has 0 atom stereocenters. The molecule has 0 saturated heterocycles. The van der Waals surface area contributed by atoms with Gasteiger partial charge in [-0.15, -0.1) is 0 Å². The first kappa shape index (κ1) is 29.2. The first-order valence-corrected chi connectivity index (χ1v) is 18.8. The smallest absolute Gasteiger partial charge is 0.238 e. The highest BCUT2D eigenvalue weighted by Crippen LogP contribution is 2.63. The van der Waals surface area contributed by atoms with Crippen LogP contribution in [0.1, 0.15) is 22.3 Å². The lowest BCUT2D eigenvalue weighted by Gasteiger charge is -2.30. The minimum absolute atomic E-state index is 0.462. The summed E-state index contributed by atoms with van der Waals surface area (Å²) in [6, 6.07) is 63.7. The molecule has 4 nitrogen and oxygen atoms in total. The molecule has 0 fully saturated rings. The average molecular weight is 700 g/mol. The average Bonchev–Trinajstić information content (AvgIpc) is 3.96. The van der Waals surface area contributed by atoms with Gasteiger partial charge >= 0.3 is 0 Å². The molecule has 3 heterocycles. The van der Waals surface area contributed by atoms with E-state index in [1.165, 1.54) is 60.7 Å². The summed E-state index contributed by atoms with van der Waals surface area (Å²) in [4.78, 5) is 10.8. The van der Waals surface area contributed by atoms with Gasteiger partial charge in [0.15, 0.2) is 0 Å². The summed E-state index contributed by atoms with van der Waals surface area (Å²) in [5.74, 6) is 0.582. The van der Waals surface area contributed by atoms with E-state index in [9.17, 15) is 0 Å². The van der Waals surface area contributed by atoms with Crippen molar-refractivity contribution in [2.75, 3.05) is 0 Å². The van der Waals surface area contributed by atoms with E-state index in [4.69, 9.17) is 14.4 Å². The van der Waals surface area contributed by atoms with Gasteiger partial charge in [0.2, 0.25) is 11.7 Å². The fraction of sp³-hybridized carbons (Fsp3) is 0.0196. The summed E-state index contributed by atoms with van der Waals surface area (Å²) >= 11 is 0. The molecule has 0 aliphatic heterocycles. The second-order valence-corrected chi connectivity index (χ2v) is 14.9. The van der Waals surface area contributed by atoms with Gasteiger partial charge in [0, 0.05) is 21.7 Å². The molecule has 0 N–H and O–H groups in total. The van der Waals surface area contributed by atoms with E-state index in [2.05, 4.69) is 168 Å². The van der Waals surface area contributed by atoms with Gasteiger partial charge in [-0.2, -0.15) is 4.98 Å². The van der Waals surface area contributed by atoms with Crippen molar-refractivity contribution in [2.24, 2.45) is 0 Å². The molecule has 1 spiro atoms. The summed E-state index contributed by atoms with van der Waals surface area (Å²) in [5, 5.41) is 6.62. The van der Waals surface area contributed by atoms with Crippen LogP contribution in [-0.4, -0.2) is 14.5 Å². The molecular weight excluding hydrogens is 671 g/mol. The number of rotatable bonds is 2. The lowest BCUT2D eigenvalue weighted by molar-refractivity contribution is 0.651. The van der Waals surface area contributed by atoms with Crippen molar-refractivity contribution in [2.45, 2.75) is 5.41 Å². The predicted molar refractivity (Wildman–Crippen MR) is 223 cm³/mol. The second-order valence-electron chi connectivity index (χ2n) is 14.9. The number of furan rings is 1. The molecule has 11 aromatic rings. The van der Waals surface area contributed by atoms with E-state index in [1.54, 1.807) is 0 Å². The summed E-state index contributed by atoms with van der Waals surface area (Å²) in [6.45, 7) is 0. The van der Waals surface area contributed by atoms with Gasteiger partial charge in [-0.1, -0.05) is 146 Å². The number of hydrogen-bond donors (Lipinski definition) is 0. The van der Waals surface area contributed by atoms with Crippen molar-refractivity contribution >= 4 is 54.6 Å². The van der Waals surface area contributed by atoms with Crippen LogP contribution in [0, 0.1) is 0 Å². The molecular formula is C51H29N3O. The number of aromatic nitrogens is 3. The number of benzene rings is 8. The lowest BCUT2D eigenvalue weighted by atomic mass is 9.70. The highest BCUT2D eigenvalue weighted by atomic mass is 16.3. The second kappa shape index (κ2) is 10.4. The molecule has 2 aliphatic rings. The van der Waals surface area contributed by atoms with Crippen molar-refractivity contribution in [3.05, 3.63) is 198 Å². The van der Waals surface area contributed by atoms with E-state index in [0.29, 0.717) is 11.7 Å². The van der Waals surface area contributed by atoms with Crippen molar-refractivity contribution in [3.8, 4) is 39.5 Å². The third-order valence-corrected chi connectivity index (χ3v) is 12.2. The lowest BCUT2D eigenvalue weighted by Crippen LogP contribution is -2.25. The summed E-state index contributed by atoms with van der Waals surface area (Å²) in [7, 11) is 0. The van der Waals surface area contributed by atoms with E-state index in [-0.39, 0.29) is 0 Å². The standard InChI is InChI=1S/C51H29N3O/c1-2-14-31-29-45-39(27-30(31)13-1)37-18-6-11-23-44(37)54(45)50-52-48(47-38-19-7-12-24-46(38)55-49(47)53-50)32-25-26-36-35-17-5-10-22-42(35)51(43(36)28-32)40-20-8-3-15-33(40)34-16-4-9-21-41(34)51/h1-29H. The molecule has 0 unspecified atom stereocenters. The largest absolute Gasteiger partial charge is 0.437 e. The molecule has 0 saturated carbocycles.